The molecular weight excluding hydrogens is 363 g/mol. The predicted molar refractivity (Wildman–Crippen MR) is 63.9 cm³/mol. The Morgan fingerprint density at radius 1 is 1.14 bits per heavy atom. The van der Waals surface area contributed by atoms with Gasteiger partial charge in [-0.1, -0.05) is 0 Å². The number of hydrogen-bond donors (Lipinski definition) is 0. The van der Waals surface area contributed by atoms with Gasteiger partial charge in [0.15, 0.2) is 17.0 Å². The highest BCUT2D eigenvalue weighted by Gasteiger charge is 2.70. The lowest BCUT2D eigenvalue weighted by atomic mass is 10.5. The van der Waals surface area contributed by atoms with Gasteiger partial charge in [-0.25, -0.2) is 4.98 Å². The van der Waals surface area contributed by atoms with Crippen molar-refractivity contribution in [2.45, 2.75) is 11.8 Å². The maximum atomic E-state index is 13.7. The molecule has 1 unspecified atom stereocenters. The Kier molecular flexibility index (Phi) is 4.38. The zero-order valence-corrected chi connectivity index (χ0v) is 12.2. The second kappa shape index (κ2) is 5.63. The summed E-state index contributed by atoms with van der Waals surface area (Å²) in [7, 11) is -5.70. The molecule has 0 N–H and O–H groups in total. The molecule has 1 aliphatic heterocycles. The third kappa shape index (κ3) is 3.10. The van der Waals surface area contributed by atoms with Gasteiger partial charge in [-0.3, -0.25) is 0 Å². The summed E-state index contributed by atoms with van der Waals surface area (Å²) in [6.45, 7) is 0. The van der Waals surface area contributed by atoms with E-state index in [1.807, 2.05) is 0 Å². The Labute approximate surface area is 116 Å². The van der Waals surface area contributed by atoms with Crippen molar-refractivity contribution in [3.63, 3.8) is 0 Å². The largest absolute Gasteiger partial charge is 0.465 e. The van der Waals surface area contributed by atoms with Crippen molar-refractivity contribution >= 4 is 24.5 Å². The van der Waals surface area contributed by atoms with Crippen LogP contribution in [0.5, 0.6) is 5.75 Å². The zero-order valence-electron chi connectivity index (χ0n) is 9.54. The van der Waals surface area contributed by atoms with Crippen LogP contribution in [0.4, 0.5) is 26.3 Å². The van der Waals surface area contributed by atoms with E-state index < -0.39 is 31.0 Å². The van der Waals surface area contributed by atoms with Crippen LogP contribution in [0.3, 0.4) is 0 Å². The molecule has 1 aromatic heterocycles. The summed E-state index contributed by atoms with van der Waals surface area (Å²) in [6, 6.07) is 1.50. The van der Waals surface area contributed by atoms with Crippen LogP contribution in [0.15, 0.2) is 31.9 Å². The molecule has 0 bridgehead atoms. The molecule has 0 fully saturated rings. The summed E-state index contributed by atoms with van der Waals surface area (Å²) in [6.07, 6.45) is -5.06. The fourth-order valence-electron chi connectivity index (χ4n) is 1.14. The Bertz CT molecular complexity index is 660. The van der Waals surface area contributed by atoms with E-state index in [-0.39, 0.29) is 17.0 Å². The SMILES string of the molecule is Fc1cc(OP2(C(F)(F)C(F)(F)F)=NP=NP=N2)ccn1. The van der Waals surface area contributed by atoms with Gasteiger partial charge in [0.2, 0.25) is 5.95 Å². The smallest absolute Gasteiger partial charge is 0.437 e. The summed E-state index contributed by atoms with van der Waals surface area (Å²) in [5.74, 6) is -1.67. The van der Waals surface area contributed by atoms with Gasteiger partial charge in [0.05, 0.1) is 0 Å². The first-order valence-corrected chi connectivity index (χ1v) is 8.09. The molecule has 21 heavy (non-hydrogen) atoms. The van der Waals surface area contributed by atoms with Crippen LogP contribution in [0.1, 0.15) is 0 Å². The summed E-state index contributed by atoms with van der Waals surface area (Å²) < 4.78 is 92.5. The number of nitrogens with zero attached hydrogens (tertiary/aromatic N) is 4. The van der Waals surface area contributed by atoms with E-state index >= 15 is 0 Å². The molecular formula is C7H3F6N4OP3. The summed E-state index contributed by atoms with van der Waals surface area (Å²) in [5, 5.41) is 0. The number of pyridine rings is 1. The first-order valence-electron chi connectivity index (χ1n) is 4.88. The molecule has 0 radical (unpaired) electrons. The van der Waals surface area contributed by atoms with Crippen molar-refractivity contribution in [3.8, 4) is 5.75 Å². The third-order valence-corrected chi connectivity index (χ3v) is 6.71. The second-order valence-corrected chi connectivity index (χ2v) is 7.77. The van der Waals surface area contributed by atoms with Crippen LogP contribution in [-0.2, 0) is 0 Å². The molecule has 5 nitrogen and oxygen atoms in total. The highest BCUT2D eigenvalue weighted by Crippen LogP contribution is 2.72. The highest BCUT2D eigenvalue weighted by molar-refractivity contribution is 7.70. The summed E-state index contributed by atoms with van der Waals surface area (Å²) in [4.78, 5) is 3.14. The van der Waals surface area contributed by atoms with Crippen molar-refractivity contribution in [2.75, 3.05) is 0 Å². The first-order chi connectivity index (χ1) is 9.68. The second-order valence-electron chi connectivity index (χ2n) is 3.44. The van der Waals surface area contributed by atoms with Gasteiger partial charge in [-0.05, 0) is 6.07 Å². The van der Waals surface area contributed by atoms with Gasteiger partial charge in [-0.15, -0.1) is 0 Å². The minimum atomic E-state index is -5.91. The normalized spacial score (nSPS) is 23.5. The van der Waals surface area contributed by atoms with Crippen LogP contribution >= 0.6 is 24.5 Å². The fourth-order valence-corrected chi connectivity index (χ4v) is 5.59. The average molecular weight is 366 g/mol. The number of alkyl halides is 5. The summed E-state index contributed by atoms with van der Waals surface area (Å²) in [5.41, 5.74) is -5.31. The van der Waals surface area contributed by atoms with Crippen molar-refractivity contribution in [2.24, 2.45) is 13.5 Å². The van der Waals surface area contributed by atoms with E-state index in [0.29, 0.717) is 6.07 Å². The molecule has 0 spiro atoms. The maximum Gasteiger partial charge on any atom is 0.465 e. The Morgan fingerprint density at radius 3 is 2.38 bits per heavy atom. The Hall–Kier alpha value is -1.04. The standard InChI is InChI=1S/C7H3F6N4OP3/c8-5-3-4(1-2-14-5)18-21(16-19-15-20-17-21)7(12,13)6(9,10)11/h1-3H. The number of hydrogen-bond acceptors (Lipinski definition) is 5. The minimum Gasteiger partial charge on any atom is -0.437 e. The van der Waals surface area contributed by atoms with Crippen LogP contribution in [0.2, 0.25) is 0 Å². The van der Waals surface area contributed by atoms with E-state index in [1.165, 1.54) is 0 Å². The molecule has 2 rings (SSSR count). The van der Waals surface area contributed by atoms with E-state index in [2.05, 4.69) is 23.1 Å². The molecule has 0 aromatic carbocycles. The highest BCUT2D eigenvalue weighted by atomic mass is 31.2. The van der Waals surface area contributed by atoms with E-state index in [0.717, 1.165) is 12.3 Å². The fraction of sp³-hybridized carbons (Fsp3) is 0.286. The third-order valence-electron chi connectivity index (χ3n) is 2.04. The van der Waals surface area contributed by atoms with E-state index in [9.17, 15) is 26.3 Å². The zero-order chi connectivity index (χ0) is 15.7. The molecule has 0 saturated carbocycles. The number of halogens is 6. The lowest BCUT2D eigenvalue weighted by Crippen LogP contribution is -2.37. The van der Waals surface area contributed by atoms with Gasteiger partial charge in [0, 0.05) is 12.3 Å². The molecule has 2 heterocycles. The predicted octanol–water partition coefficient (Wildman–Crippen LogP) is 5.89. The van der Waals surface area contributed by atoms with Crippen molar-refractivity contribution < 1.29 is 30.9 Å². The van der Waals surface area contributed by atoms with Crippen molar-refractivity contribution in [3.05, 3.63) is 24.3 Å². The van der Waals surface area contributed by atoms with Gasteiger partial charge in [0.1, 0.15) is 5.75 Å². The van der Waals surface area contributed by atoms with E-state index in [1.54, 1.807) is 0 Å². The van der Waals surface area contributed by atoms with Gasteiger partial charge < -0.3 is 4.52 Å². The van der Waals surface area contributed by atoms with Crippen LogP contribution in [0.25, 0.3) is 0 Å². The van der Waals surface area contributed by atoms with Crippen molar-refractivity contribution in [1.29, 1.82) is 0 Å². The summed E-state index contributed by atoms with van der Waals surface area (Å²) >= 11 is 0. The topological polar surface area (TPSA) is 59.2 Å². The molecule has 1 atom stereocenters. The van der Waals surface area contributed by atoms with Gasteiger partial charge in [0.25, 0.3) is 0 Å². The van der Waals surface area contributed by atoms with Crippen LogP contribution < -0.4 is 4.52 Å². The number of aromatic nitrogens is 1. The number of rotatable bonds is 3. The Balaban J connectivity index is 2.53. The minimum absolute atomic E-state index is 0.360. The lowest BCUT2D eigenvalue weighted by molar-refractivity contribution is -0.243. The first kappa shape index (κ1) is 16.3. The van der Waals surface area contributed by atoms with Crippen molar-refractivity contribution in [1.82, 2.24) is 4.98 Å². The molecule has 114 valence electrons. The monoisotopic (exact) mass is 366 g/mol. The van der Waals surface area contributed by atoms with Crippen LogP contribution in [0, 0.1) is 5.95 Å². The van der Waals surface area contributed by atoms with Crippen LogP contribution in [-0.4, -0.2) is 16.8 Å². The molecule has 0 aliphatic carbocycles. The lowest BCUT2D eigenvalue weighted by Gasteiger charge is -2.29. The Morgan fingerprint density at radius 2 is 1.86 bits per heavy atom. The molecule has 0 amide bonds. The maximum absolute atomic E-state index is 13.7. The average Bonchev–Trinajstić information content (AvgIpc) is 2.38. The van der Waals surface area contributed by atoms with Gasteiger partial charge >= 0.3 is 19.3 Å². The molecule has 1 aliphatic rings. The molecule has 0 saturated heterocycles. The molecule has 1 aromatic rings. The van der Waals surface area contributed by atoms with E-state index in [4.69, 9.17) is 0 Å². The molecule has 14 heteroatoms. The van der Waals surface area contributed by atoms with Gasteiger partial charge in [-0.2, -0.15) is 39.9 Å². The quantitative estimate of drug-likeness (QED) is 0.381.